The molecule has 1 aliphatic heterocycles. The molecule has 3 rings (SSSR count). The maximum atomic E-state index is 12.9. The van der Waals surface area contributed by atoms with Crippen LogP contribution < -0.4 is 10.6 Å². The zero-order chi connectivity index (χ0) is 16.9. The Kier molecular flexibility index (Phi) is 7.02. The van der Waals surface area contributed by atoms with Crippen LogP contribution in [0.1, 0.15) is 60.0 Å². The van der Waals surface area contributed by atoms with E-state index in [1.165, 1.54) is 0 Å². The first-order valence-electron chi connectivity index (χ1n) is 8.87. The highest BCUT2D eigenvalue weighted by Gasteiger charge is 2.27. The summed E-state index contributed by atoms with van der Waals surface area (Å²) in [5.74, 6) is 0.321. The van der Waals surface area contributed by atoms with Gasteiger partial charge in [-0.15, -0.1) is 12.4 Å². The van der Waals surface area contributed by atoms with E-state index in [-0.39, 0.29) is 24.4 Å². The number of carbonyl (C=O) groups is 1. The minimum atomic E-state index is -0.0862. The number of fused-ring (bicyclic) bond motifs is 1. The number of aromatic nitrogens is 2. The van der Waals surface area contributed by atoms with Gasteiger partial charge in [0.25, 0.3) is 5.91 Å². The van der Waals surface area contributed by atoms with Crippen molar-refractivity contribution in [2.24, 2.45) is 5.92 Å². The first kappa shape index (κ1) is 19.5. The van der Waals surface area contributed by atoms with Crippen molar-refractivity contribution in [1.82, 2.24) is 20.8 Å². The van der Waals surface area contributed by atoms with Crippen molar-refractivity contribution in [3.8, 4) is 0 Å². The molecule has 0 aliphatic carbocycles. The van der Waals surface area contributed by atoms with Crippen LogP contribution >= 0.6 is 12.4 Å². The third-order valence-corrected chi connectivity index (χ3v) is 4.99. The monoisotopic (exact) mass is 362 g/mol. The molecular formula is C19H27ClN4O. The van der Waals surface area contributed by atoms with Gasteiger partial charge < -0.3 is 10.6 Å². The third-order valence-electron chi connectivity index (χ3n) is 4.99. The van der Waals surface area contributed by atoms with Crippen LogP contribution in [-0.4, -0.2) is 22.6 Å². The molecule has 2 aromatic rings. The van der Waals surface area contributed by atoms with Crippen LogP contribution in [0.25, 0.3) is 0 Å². The summed E-state index contributed by atoms with van der Waals surface area (Å²) >= 11 is 0. The summed E-state index contributed by atoms with van der Waals surface area (Å²) in [6.45, 7) is 5.99. The van der Waals surface area contributed by atoms with Crippen molar-refractivity contribution in [2.45, 2.75) is 45.7 Å². The minimum Gasteiger partial charge on any atom is -0.344 e. The van der Waals surface area contributed by atoms with Gasteiger partial charge in [0, 0.05) is 30.8 Å². The molecule has 2 heterocycles. The van der Waals surface area contributed by atoms with Crippen LogP contribution in [0.15, 0.2) is 30.3 Å². The second kappa shape index (κ2) is 9.02. The van der Waals surface area contributed by atoms with E-state index >= 15 is 0 Å². The summed E-state index contributed by atoms with van der Waals surface area (Å²) in [5, 5.41) is 13.9. The summed E-state index contributed by atoms with van der Waals surface area (Å²) in [6, 6.07) is 10.2. The molecule has 1 amide bonds. The molecular weight excluding hydrogens is 336 g/mol. The van der Waals surface area contributed by atoms with Crippen molar-refractivity contribution in [3.05, 3.63) is 52.8 Å². The maximum absolute atomic E-state index is 12.9. The predicted molar refractivity (Wildman–Crippen MR) is 102 cm³/mol. The summed E-state index contributed by atoms with van der Waals surface area (Å²) in [4.78, 5) is 12.9. The smallest absolute Gasteiger partial charge is 0.272 e. The van der Waals surface area contributed by atoms with Crippen molar-refractivity contribution >= 4 is 18.3 Å². The lowest BCUT2D eigenvalue weighted by molar-refractivity contribution is 0.0913. The molecule has 0 fully saturated rings. The van der Waals surface area contributed by atoms with E-state index in [4.69, 9.17) is 0 Å². The molecule has 1 aromatic heterocycles. The molecule has 6 heteroatoms. The van der Waals surface area contributed by atoms with Crippen LogP contribution in [0, 0.1) is 5.92 Å². The van der Waals surface area contributed by atoms with Gasteiger partial charge >= 0.3 is 0 Å². The van der Waals surface area contributed by atoms with Gasteiger partial charge in [-0.3, -0.25) is 9.89 Å². The largest absolute Gasteiger partial charge is 0.344 e. The van der Waals surface area contributed by atoms with E-state index in [2.05, 4.69) is 46.8 Å². The standard InChI is InChI=1S/C19H26N4O.ClH/c1-3-13(4-2)17(14-8-6-5-7-9-14)21-19(24)18-15-12-20-11-10-16(15)22-23-18;/h5-9,13,17,20H,3-4,10-12H2,1-2H3,(H,21,24)(H,22,23);1H. The Bertz CT molecular complexity index is 682. The number of hydrogen-bond donors (Lipinski definition) is 3. The number of carbonyl (C=O) groups excluding carboxylic acids is 1. The summed E-state index contributed by atoms with van der Waals surface area (Å²) in [5.41, 5.74) is 3.78. The third kappa shape index (κ3) is 4.22. The number of nitrogens with one attached hydrogen (secondary N) is 3. The quantitative estimate of drug-likeness (QED) is 0.737. The van der Waals surface area contributed by atoms with Gasteiger partial charge in [-0.05, 0) is 11.5 Å². The summed E-state index contributed by atoms with van der Waals surface area (Å²) < 4.78 is 0. The molecule has 25 heavy (non-hydrogen) atoms. The Morgan fingerprint density at radius 1 is 1.24 bits per heavy atom. The Balaban J connectivity index is 0.00000225. The predicted octanol–water partition coefficient (Wildman–Crippen LogP) is 3.38. The molecule has 0 saturated carbocycles. The fourth-order valence-corrected chi connectivity index (χ4v) is 3.52. The van der Waals surface area contributed by atoms with Crippen molar-refractivity contribution in [3.63, 3.8) is 0 Å². The fourth-order valence-electron chi connectivity index (χ4n) is 3.52. The van der Waals surface area contributed by atoms with E-state index in [0.717, 1.165) is 42.6 Å². The molecule has 0 bridgehead atoms. The topological polar surface area (TPSA) is 69.8 Å². The molecule has 3 N–H and O–H groups in total. The lowest BCUT2D eigenvalue weighted by Gasteiger charge is -2.27. The van der Waals surface area contributed by atoms with Crippen LogP contribution in [0.3, 0.4) is 0 Å². The zero-order valence-corrected chi connectivity index (χ0v) is 15.7. The van der Waals surface area contributed by atoms with Crippen LogP contribution in [0.2, 0.25) is 0 Å². The molecule has 1 unspecified atom stereocenters. The van der Waals surface area contributed by atoms with Gasteiger partial charge in [0.1, 0.15) is 0 Å². The number of aromatic amines is 1. The number of halogens is 1. The van der Waals surface area contributed by atoms with E-state index in [9.17, 15) is 4.79 Å². The molecule has 0 spiro atoms. The lowest BCUT2D eigenvalue weighted by Crippen LogP contribution is -2.34. The lowest BCUT2D eigenvalue weighted by atomic mass is 9.88. The molecule has 0 saturated heterocycles. The Morgan fingerprint density at radius 3 is 2.64 bits per heavy atom. The number of H-pyrrole nitrogens is 1. The second-order valence-corrected chi connectivity index (χ2v) is 6.39. The minimum absolute atomic E-state index is 0. The normalized spacial score (nSPS) is 14.5. The highest BCUT2D eigenvalue weighted by atomic mass is 35.5. The van der Waals surface area contributed by atoms with Gasteiger partial charge in [0.05, 0.1) is 6.04 Å². The van der Waals surface area contributed by atoms with Gasteiger partial charge in [-0.2, -0.15) is 5.10 Å². The van der Waals surface area contributed by atoms with Gasteiger partial charge in [0.2, 0.25) is 0 Å². The maximum Gasteiger partial charge on any atom is 0.272 e. The van der Waals surface area contributed by atoms with Crippen LogP contribution in [0.5, 0.6) is 0 Å². The van der Waals surface area contributed by atoms with Crippen LogP contribution in [0.4, 0.5) is 0 Å². The number of hydrogen-bond acceptors (Lipinski definition) is 3. The van der Waals surface area contributed by atoms with Crippen molar-refractivity contribution in [1.29, 1.82) is 0 Å². The molecule has 136 valence electrons. The Labute approximate surface area is 155 Å². The van der Waals surface area contributed by atoms with E-state index in [1.54, 1.807) is 0 Å². The van der Waals surface area contributed by atoms with Gasteiger partial charge in [0.15, 0.2) is 5.69 Å². The highest BCUT2D eigenvalue weighted by molar-refractivity contribution is 5.94. The molecule has 1 aliphatic rings. The Morgan fingerprint density at radius 2 is 1.96 bits per heavy atom. The first-order valence-corrected chi connectivity index (χ1v) is 8.87. The Hall–Kier alpha value is -1.85. The SMILES string of the molecule is CCC(CC)C(NC(=O)c1n[nH]c2c1CNCC2)c1ccccc1.Cl. The molecule has 1 atom stereocenters. The summed E-state index contributed by atoms with van der Waals surface area (Å²) in [6.07, 6.45) is 2.94. The molecule has 0 radical (unpaired) electrons. The van der Waals surface area contributed by atoms with Crippen molar-refractivity contribution in [2.75, 3.05) is 6.54 Å². The average molecular weight is 363 g/mol. The van der Waals surface area contributed by atoms with Crippen molar-refractivity contribution < 1.29 is 4.79 Å². The molecule has 5 nitrogen and oxygen atoms in total. The first-order chi connectivity index (χ1) is 11.7. The highest BCUT2D eigenvalue weighted by Crippen LogP contribution is 2.28. The molecule has 1 aromatic carbocycles. The second-order valence-electron chi connectivity index (χ2n) is 6.39. The average Bonchev–Trinajstić information content (AvgIpc) is 3.06. The van der Waals surface area contributed by atoms with E-state index in [0.29, 0.717) is 18.2 Å². The summed E-state index contributed by atoms with van der Waals surface area (Å²) in [7, 11) is 0. The fraction of sp³-hybridized carbons (Fsp3) is 0.474. The number of rotatable bonds is 6. The van der Waals surface area contributed by atoms with Gasteiger partial charge in [-0.1, -0.05) is 57.0 Å². The number of nitrogens with zero attached hydrogens (tertiary/aromatic N) is 1. The zero-order valence-electron chi connectivity index (χ0n) is 14.8. The van der Waals surface area contributed by atoms with Crippen LogP contribution in [-0.2, 0) is 13.0 Å². The van der Waals surface area contributed by atoms with E-state index in [1.807, 2.05) is 18.2 Å². The van der Waals surface area contributed by atoms with E-state index < -0.39 is 0 Å². The number of amides is 1. The number of benzene rings is 1. The van der Waals surface area contributed by atoms with Gasteiger partial charge in [-0.25, -0.2) is 0 Å².